The van der Waals surface area contributed by atoms with Gasteiger partial charge >= 0.3 is 5.97 Å². The van der Waals surface area contributed by atoms with Gasteiger partial charge in [0.2, 0.25) is 0 Å². The van der Waals surface area contributed by atoms with E-state index in [1.165, 1.54) is 19.3 Å². The van der Waals surface area contributed by atoms with Crippen LogP contribution in [0.1, 0.15) is 66.2 Å². The summed E-state index contributed by atoms with van der Waals surface area (Å²) in [6.45, 7) is 11.8. The van der Waals surface area contributed by atoms with Gasteiger partial charge in [-0.3, -0.25) is 4.79 Å². The molecule has 1 unspecified atom stereocenters. The van der Waals surface area contributed by atoms with Crippen molar-refractivity contribution in [3.05, 3.63) is 12.7 Å². The van der Waals surface area contributed by atoms with E-state index < -0.39 is 11.0 Å². The molecule has 0 aromatic carbocycles. The zero-order chi connectivity index (χ0) is 13.8. The summed E-state index contributed by atoms with van der Waals surface area (Å²) in [6, 6.07) is 0. The van der Waals surface area contributed by atoms with Gasteiger partial charge in [-0.1, -0.05) is 32.8 Å². The highest BCUT2D eigenvalue weighted by atomic mass is 16.6. The molecular formula is C16H28O2. The lowest BCUT2D eigenvalue weighted by Gasteiger charge is -2.39. The van der Waals surface area contributed by atoms with Gasteiger partial charge in [-0.05, 0) is 46.1 Å². The summed E-state index contributed by atoms with van der Waals surface area (Å²) in [5.74, 6) is 0.332. The Balaban J connectivity index is 2.75. The topological polar surface area (TPSA) is 26.3 Å². The second-order valence-corrected chi connectivity index (χ2v) is 6.35. The maximum absolute atomic E-state index is 12.2. The average Bonchev–Trinajstić information content (AvgIpc) is 2.39. The van der Waals surface area contributed by atoms with Crippen LogP contribution in [-0.2, 0) is 9.53 Å². The third-order valence-electron chi connectivity index (χ3n) is 4.57. The summed E-state index contributed by atoms with van der Waals surface area (Å²) < 4.78 is 5.83. The van der Waals surface area contributed by atoms with E-state index in [2.05, 4.69) is 6.58 Å². The van der Waals surface area contributed by atoms with Crippen molar-refractivity contribution in [1.82, 2.24) is 0 Å². The molecule has 2 nitrogen and oxygen atoms in total. The van der Waals surface area contributed by atoms with Crippen LogP contribution in [0.15, 0.2) is 12.7 Å². The van der Waals surface area contributed by atoms with E-state index in [1.807, 2.05) is 33.8 Å². The predicted molar refractivity (Wildman–Crippen MR) is 75.3 cm³/mol. The third kappa shape index (κ3) is 3.37. The number of ether oxygens (including phenoxy) is 1. The number of rotatable bonds is 5. The number of hydrogen-bond donors (Lipinski definition) is 0. The highest BCUT2D eigenvalue weighted by Gasteiger charge is 2.39. The average molecular weight is 252 g/mol. The Labute approximate surface area is 112 Å². The lowest BCUT2D eigenvalue weighted by molar-refractivity contribution is -0.170. The number of hydrogen-bond acceptors (Lipinski definition) is 2. The van der Waals surface area contributed by atoms with Crippen LogP contribution >= 0.6 is 0 Å². The molecule has 0 radical (unpaired) electrons. The van der Waals surface area contributed by atoms with E-state index in [4.69, 9.17) is 4.74 Å². The first-order valence-electron chi connectivity index (χ1n) is 7.23. The molecular weight excluding hydrogens is 224 g/mol. The minimum atomic E-state index is -0.496. The van der Waals surface area contributed by atoms with Crippen molar-refractivity contribution in [3.63, 3.8) is 0 Å². The van der Waals surface area contributed by atoms with Crippen molar-refractivity contribution < 1.29 is 9.53 Å². The largest absolute Gasteiger partial charge is 0.454 e. The molecule has 0 spiro atoms. The van der Waals surface area contributed by atoms with Crippen molar-refractivity contribution >= 4 is 5.97 Å². The number of carbonyl (C=O) groups is 1. The van der Waals surface area contributed by atoms with Gasteiger partial charge in [-0.2, -0.15) is 0 Å². The predicted octanol–water partition coefficient (Wildman–Crippen LogP) is 4.49. The smallest absolute Gasteiger partial charge is 0.312 e. The summed E-state index contributed by atoms with van der Waals surface area (Å²) >= 11 is 0. The van der Waals surface area contributed by atoms with Crippen molar-refractivity contribution in [3.8, 4) is 0 Å². The Morgan fingerprint density at radius 1 is 1.28 bits per heavy atom. The molecule has 0 heterocycles. The zero-order valence-electron chi connectivity index (χ0n) is 12.4. The van der Waals surface area contributed by atoms with Gasteiger partial charge < -0.3 is 4.74 Å². The maximum Gasteiger partial charge on any atom is 0.312 e. The molecule has 0 saturated heterocycles. The fourth-order valence-electron chi connectivity index (χ4n) is 2.45. The van der Waals surface area contributed by atoms with Gasteiger partial charge in [0.15, 0.2) is 0 Å². The van der Waals surface area contributed by atoms with E-state index in [9.17, 15) is 4.79 Å². The molecule has 0 N–H and O–H groups in total. The van der Waals surface area contributed by atoms with E-state index in [-0.39, 0.29) is 5.97 Å². The minimum Gasteiger partial charge on any atom is -0.454 e. The van der Waals surface area contributed by atoms with Gasteiger partial charge in [0, 0.05) is 5.92 Å². The highest BCUT2D eigenvalue weighted by Crippen LogP contribution is 2.37. The molecule has 1 saturated carbocycles. The molecule has 0 amide bonds. The monoisotopic (exact) mass is 252 g/mol. The normalized spacial score (nSPS) is 21.1. The fourth-order valence-corrected chi connectivity index (χ4v) is 2.45. The van der Waals surface area contributed by atoms with Crippen LogP contribution in [0.25, 0.3) is 0 Å². The molecule has 104 valence electrons. The summed E-state index contributed by atoms with van der Waals surface area (Å²) in [5.41, 5.74) is -0.900. The summed E-state index contributed by atoms with van der Waals surface area (Å²) in [5, 5.41) is 0. The molecule has 0 bridgehead atoms. The van der Waals surface area contributed by atoms with Gasteiger partial charge in [-0.25, -0.2) is 0 Å². The van der Waals surface area contributed by atoms with Crippen LogP contribution in [-0.4, -0.2) is 11.6 Å². The molecule has 1 rings (SSSR count). The van der Waals surface area contributed by atoms with Crippen LogP contribution in [0.5, 0.6) is 0 Å². The standard InChI is InChI=1S/C16H28O2/c1-6-15(3,4)14(17)18-16(5,7-2)13-11-9-8-10-12-13/h7,13H,2,6,8-12H2,1,3-5H3. The van der Waals surface area contributed by atoms with Crippen molar-refractivity contribution in [2.45, 2.75) is 71.8 Å². The molecule has 2 heteroatoms. The Hall–Kier alpha value is -0.790. The Morgan fingerprint density at radius 2 is 1.83 bits per heavy atom. The Kier molecular flexibility index (Phi) is 5.01. The first-order valence-corrected chi connectivity index (χ1v) is 7.23. The zero-order valence-corrected chi connectivity index (χ0v) is 12.4. The van der Waals surface area contributed by atoms with E-state index in [1.54, 1.807) is 0 Å². The minimum absolute atomic E-state index is 0.0991. The van der Waals surface area contributed by atoms with Crippen LogP contribution in [0.2, 0.25) is 0 Å². The molecule has 1 atom stereocenters. The molecule has 18 heavy (non-hydrogen) atoms. The molecule has 0 aromatic heterocycles. The fraction of sp³-hybridized carbons (Fsp3) is 0.812. The van der Waals surface area contributed by atoms with Crippen LogP contribution in [0.4, 0.5) is 0 Å². The lowest BCUT2D eigenvalue weighted by Crippen LogP contribution is -2.42. The Morgan fingerprint density at radius 3 is 2.28 bits per heavy atom. The second kappa shape index (κ2) is 5.90. The van der Waals surface area contributed by atoms with Gasteiger partial charge in [0.1, 0.15) is 5.60 Å². The Bertz CT molecular complexity index is 300. The molecule has 1 aliphatic rings. The molecule has 0 aliphatic heterocycles. The molecule has 1 aliphatic carbocycles. The molecule has 0 aromatic rings. The second-order valence-electron chi connectivity index (χ2n) is 6.35. The van der Waals surface area contributed by atoms with Gasteiger partial charge in [-0.15, -0.1) is 0 Å². The van der Waals surface area contributed by atoms with Crippen LogP contribution in [0, 0.1) is 11.3 Å². The SMILES string of the molecule is C=CC(C)(OC(=O)C(C)(C)CC)C1CCCCC1. The lowest BCUT2D eigenvalue weighted by atomic mass is 9.77. The van der Waals surface area contributed by atoms with Crippen LogP contribution in [0.3, 0.4) is 0 Å². The number of carbonyl (C=O) groups excluding carboxylic acids is 1. The first-order chi connectivity index (χ1) is 8.35. The maximum atomic E-state index is 12.2. The van der Waals surface area contributed by atoms with Crippen molar-refractivity contribution in [2.75, 3.05) is 0 Å². The highest BCUT2D eigenvalue weighted by molar-refractivity contribution is 5.76. The van der Waals surface area contributed by atoms with E-state index in [0.29, 0.717) is 5.92 Å². The van der Waals surface area contributed by atoms with Crippen LogP contribution < -0.4 is 0 Å². The number of esters is 1. The van der Waals surface area contributed by atoms with Gasteiger partial charge in [0.25, 0.3) is 0 Å². The van der Waals surface area contributed by atoms with Crippen molar-refractivity contribution in [1.29, 1.82) is 0 Å². The van der Waals surface area contributed by atoms with E-state index in [0.717, 1.165) is 19.3 Å². The van der Waals surface area contributed by atoms with Gasteiger partial charge in [0.05, 0.1) is 5.41 Å². The summed E-state index contributed by atoms with van der Waals surface area (Å²) in [7, 11) is 0. The third-order valence-corrected chi connectivity index (χ3v) is 4.57. The van der Waals surface area contributed by atoms with Crippen molar-refractivity contribution in [2.24, 2.45) is 11.3 Å². The summed E-state index contributed by atoms with van der Waals surface area (Å²) in [4.78, 5) is 12.2. The first kappa shape index (κ1) is 15.3. The summed E-state index contributed by atoms with van der Waals surface area (Å²) in [6.07, 6.45) is 8.69. The molecule has 1 fully saturated rings. The van der Waals surface area contributed by atoms with E-state index >= 15 is 0 Å². The quantitative estimate of drug-likeness (QED) is 0.532.